The van der Waals surface area contributed by atoms with Gasteiger partial charge in [-0.15, -0.1) is 22.7 Å². The number of likely N-dealkylation sites (tertiary alicyclic amines) is 1. The molecule has 4 heterocycles. The lowest BCUT2D eigenvalue weighted by molar-refractivity contribution is 0.191. The largest absolute Gasteiger partial charge is 0.301 e. The summed E-state index contributed by atoms with van der Waals surface area (Å²) in [5.41, 5.74) is 0. The molecule has 4 nitrogen and oxygen atoms in total. The van der Waals surface area contributed by atoms with Crippen molar-refractivity contribution in [2.75, 3.05) is 6.54 Å². The van der Waals surface area contributed by atoms with E-state index in [0.717, 1.165) is 30.2 Å². The Kier molecular flexibility index (Phi) is 4.56. The van der Waals surface area contributed by atoms with E-state index in [1.807, 2.05) is 11.3 Å². The summed E-state index contributed by atoms with van der Waals surface area (Å²) in [6.45, 7) is 1.93. The van der Waals surface area contributed by atoms with Crippen LogP contribution in [0.4, 0.5) is 0 Å². The average Bonchev–Trinajstić information content (AvgIpc) is 3.11. The number of hydrogen-bond donors (Lipinski definition) is 0. The summed E-state index contributed by atoms with van der Waals surface area (Å²) >= 11 is 9.50. The van der Waals surface area contributed by atoms with Crippen LogP contribution in [0.2, 0.25) is 0 Å². The molecule has 5 rings (SSSR count). The van der Waals surface area contributed by atoms with Gasteiger partial charge in [-0.2, -0.15) is 5.10 Å². The van der Waals surface area contributed by atoms with Crippen molar-refractivity contribution >= 4 is 34.9 Å². The lowest BCUT2D eigenvalue weighted by Crippen LogP contribution is -2.26. The first-order valence-electron chi connectivity index (χ1n) is 9.27. The number of nitrogens with zero attached hydrogens (tertiary/aromatic N) is 4. The van der Waals surface area contributed by atoms with Crippen molar-refractivity contribution in [3.63, 3.8) is 0 Å². The maximum atomic E-state index is 5.84. The Bertz CT molecular complexity index is 919. The van der Waals surface area contributed by atoms with E-state index in [9.17, 15) is 0 Å². The summed E-state index contributed by atoms with van der Waals surface area (Å²) in [5, 5.41) is 9.29. The van der Waals surface area contributed by atoms with Gasteiger partial charge in [0.2, 0.25) is 0 Å². The van der Waals surface area contributed by atoms with Gasteiger partial charge in [0.05, 0.1) is 6.67 Å². The van der Waals surface area contributed by atoms with E-state index in [1.165, 1.54) is 35.4 Å². The minimum Gasteiger partial charge on any atom is -0.301 e. The molecule has 26 heavy (non-hydrogen) atoms. The first-order chi connectivity index (χ1) is 12.8. The van der Waals surface area contributed by atoms with Gasteiger partial charge in [0.25, 0.3) is 0 Å². The Morgan fingerprint density at radius 3 is 2.69 bits per heavy atom. The van der Waals surface area contributed by atoms with Gasteiger partial charge >= 0.3 is 0 Å². The van der Waals surface area contributed by atoms with Crippen molar-refractivity contribution in [2.45, 2.75) is 50.9 Å². The summed E-state index contributed by atoms with van der Waals surface area (Å²) in [7, 11) is 0. The van der Waals surface area contributed by atoms with Crippen molar-refractivity contribution < 1.29 is 0 Å². The second-order valence-corrected chi connectivity index (χ2v) is 9.56. The van der Waals surface area contributed by atoms with Crippen molar-refractivity contribution in [3.8, 4) is 0 Å². The molecule has 2 aliphatic rings. The van der Waals surface area contributed by atoms with Crippen molar-refractivity contribution in [1.82, 2.24) is 19.2 Å². The van der Waals surface area contributed by atoms with Crippen LogP contribution in [0, 0.1) is 4.77 Å². The van der Waals surface area contributed by atoms with Gasteiger partial charge in [-0.1, -0.05) is 12.1 Å². The monoisotopic (exact) mass is 402 g/mol. The van der Waals surface area contributed by atoms with E-state index < -0.39 is 0 Å². The highest BCUT2D eigenvalue weighted by molar-refractivity contribution is 7.71. The lowest BCUT2D eigenvalue weighted by atomic mass is 10.2. The van der Waals surface area contributed by atoms with Gasteiger partial charge in [0.15, 0.2) is 4.77 Å². The van der Waals surface area contributed by atoms with E-state index in [0.29, 0.717) is 12.1 Å². The molecule has 0 aromatic carbocycles. The molecule has 1 aliphatic carbocycles. The minimum absolute atomic E-state index is 0.517. The van der Waals surface area contributed by atoms with E-state index in [2.05, 4.69) is 49.2 Å². The van der Waals surface area contributed by atoms with Crippen LogP contribution >= 0.6 is 34.9 Å². The van der Waals surface area contributed by atoms with Gasteiger partial charge in [0, 0.05) is 34.8 Å². The van der Waals surface area contributed by atoms with Crippen LogP contribution in [-0.4, -0.2) is 25.8 Å². The molecule has 3 aromatic heterocycles. The Balaban J connectivity index is 1.43. The third-order valence-corrected chi connectivity index (χ3v) is 7.57. The van der Waals surface area contributed by atoms with Crippen molar-refractivity contribution in [3.05, 3.63) is 55.4 Å². The van der Waals surface area contributed by atoms with Crippen LogP contribution in [0.5, 0.6) is 0 Å². The van der Waals surface area contributed by atoms with E-state index >= 15 is 0 Å². The van der Waals surface area contributed by atoms with Gasteiger partial charge < -0.3 is 4.57 Å². The molecular weight excluding hydrogens is 380 g/mol. The fraction of sp³-hybridized carbons (Fsp3) is 0.474. The molecule has 0 spiro atoms. The predicted molar refractivity (Wildman–Crippen MR) is 109 cm³/mol. The summed E-state index contributed by atoms with van der Waals surface area (Å²) in [4.78, 5) is 5.37. The fourth-order valence-corrected chi connectivity index (χ4v) is 5.87. The molecular formula is C19H22N4S3. The topological polar surface area (TPSA) is 26.0 Å². The summed E-state index contributed by atoms with van der Waals surface area (Å²) in [6.07, 6.45) is 5.84. The zero-order valence-electron chi connectivity index (χ0n) is 14.6. The molecule has 0 radical (unpaired) electrons. The van der Waals surface area contributed by atoms with Gasteiger partial charge in [-0.05, 0) is 60.8 Å². The molecule has 7 heteroatoms. The highest BCUT2D eigenvalue weighted by Crippen LogP contribution is 2.38. The smallest absolute Gasteiger partial charge is 0.199 e. The first-order valence-corrected chi connectivity index (χ1v) is 11.4. The molecule has 1 atom stereocenters. The molecule has 1 saturated carbocycles. The molecule has 136 valence electrons. The van der Waals surface area contributed by atoms with Crippen LogP contribution < -0.4 is 0 Å². The number of aromatic nitrogens is 3. The van der Waals surface area contributed by atoms with Crippen LogP contribution in [0.3, 0.4) is 0 Å². The zero-order chi connectivity index (χ0) is 17.5. The van der Waals surface area contributed by atoms with Crippen molar-refractivity contribution in [1.29, 1.82) is 0 Å². The summed E-state index contributed by atoms with van der Waals surface area (Å²) in [6, 6.07) is 9.81. The van der Waals surface area contributed by atoms with Gasteiger partial charge in [-0.3, -0.25) is 4.90 Å². The molecule has 1 aliphatic heterocycles. The number of rotatable bonds is 6. The molecule has 0 N–H and O–H groups in total. The highest BCUT2D eigenvalue weighted by atomic mass is 32.1. The standard InChI is InChI=1S/C19H22N4S3/c24-19-22(13-21-9-1-5-16(21)17-6-3-11-26-17)20-18(23(19)14-7-8-14)12-15-4-2-10-25-15/h2-4,6,10-11,14,16H,1,5,7-9,12-13H2/t16-/m0/s1. The summed E-state index contributed by atoms with van der Waals surface area (Å²) in [5.74, 6) is 1.13. The average molecular weight is 403 g/mol. The Morgan fingerprint density at radius 1 is 1.12 bits per heavy atom. The number of thiophene rings is 2. The minimum atomic E-state index is 0.517. The van der Waals surface area contributed by atoms with E-state index in [1.54, 1.807) is 11.3 Å². The first kappa shape index (κ1) is 16.9. The Labute approximate surface area is 166 Å². The predicted octanol–water partition coefficient (Wildman–Crippen LogP) is 5.26. The quantitative estimate of drug-likeness (QED) is 0.526. The second-order valence-electron chi connectivity index (χ2n) is 7.18. The van der Waals surface area contributed by atoms with Gasteiger partial charge in [0.1, 0.15) is 5.82 Å². The third-order valence-electron chi connectivity index (χ3n) is 5.32. The van der Waals surface area contributed by atoms with Crippen molar-refractivity contribution in [2.24, 2.45) is 0 Å². The molecule has 0 amide bonds. The van der Waals surface area contributed by atoms with Crippen LogP contribution in [0.15, 0.2) is 35.0 Å². The maximum Gasteiger partial charge on any atom is 0.199 e. The fourth-order valence-electron chi connectivity index (χ4n) is 3.92. The molecule has 0 unspecified atom stereocenters. The van der Waals surface area contributed by atoms with Crippen LogP contribution in [0.25, 0.3) is 0 Å². The second kappa shape index (κ2) is 7.03. The highest BCUT2D eigenvalue weighted by Gasteiger charge is 2.31. The Hall–Kier alpha value is -1.28. The van der Waals surface area contributed by atoms with Crippen LogP contribution in [-0.2, 0) is 13.1 Å². The maximum absolute atomic E-state index is 5.84. The molecule has 3 aromatic rings. The van der Waals surface area contributed by atoms with E-state index in [4.69, 9.17) is 17.3 Å². The molecule has 2 fully saturated rings. The van der Waals surface area contributed by atoms with Gasteiger partial charge in [-0.25, -0.2) is 4.68 Å². The number of hydrogen-bond acceptors (Lipinski definition) is 5. The third kappa shape index (κ3) is 3.22. The summed E-state index contributed by atoms with van der Waals surface area (Å²) < 4.78 is 5.30. The zero-order valence-corrected chi connectivity index (χ0v) is 17.0. The Morgan fingerprint density at radius 2 is 1.96 bits per heavy atom. The normalized spacial score (nSPS) is 20.8. The molecule has 1 saturated heterocycles. The van der Waals surface area contributed by atoms with E-state index in [-0.39, 0.29) is 0 Å². The molecule has 0 bridgehead atoms. The SMILES string of the molecule is S=c1n(CN2CCC[C@H]2c2cccs2)nc(Cc2cccs2)n1C1CC1. The lowest BCUT2D eigenvalue weighted by Gasteiger charge is -2.23. The van der Waals surface area contributed by atoms with Crippen LogP contribution in [0.1, 0.15) is 53.3 Å².